The van der Waals surface area contributed by atoms with Crippen molar-refractivity contribution in [2.24, 2.45) is 5.73 Å². The number of hydrogen-bond donors (Lipinski definition) is 1. The zero-order chi connectivity index (χ0) is 11.8. The third kappa shape index (κ3) is 1.83. The monoisotopic (exact) mass is 222 g/mol. The molecule has 1 atom stereocenters. The van der Waals surface area contributed by atoms with Crippen LogP contribution in [0.15, 0.2) is 15.1 Å². The van der Waals surface area contributed by atoms with Crippen molar-refractivity contribution in [1.29, 1.82) is 0 Å². The van der Waals surface area contributed by atoms with E-state index in [2.05, 4.69) is 15.3 Å². The molecule has 0 fully saturated rings. The molecule has 2 N–H and O–H groups in total. The van der Waals surface area contributed by atoms with Crippen LogP contribution in [0.2, 0.25) is 0 Å². The topological polar surface area (TPSA) is 91.0 Å². The maximum atomic E-state index is 6.01. The minimum absolute atomic E-state index is 0.331. The van der Waals surface area contributed by atoms with Gasteiger partial charge >= 0.3 is 0 Å². The molecule has 2 rings (SSSR count). The first-order valence-corrected chi connectivity index (χ1v) is 5.09. The van der Waals surface area contributed by atoms with Crippen LogP contribution in [0, 0.1) is 6.92 Å². The molecule has 2 heterocycles. The molecule has 16 heavy (non-hydrogen) atoms. The lowest BCUT2D eigenvalue weighted by molar-refractivity contribution is 0.372. The standard InChI is InChI=1S/C10H14N4O2/c1-4-10(3,11)9-12-8(16-14-9)7-5-6(2)15-13-7/h5H,4,11H2,1-3H3. The van der Waals surface area contributed by atoms with Gasteiger partial charge in [0, 0.05) is 6.07 Å². The third-order valence-corrected chi connectivity index (χ3v) is 2.52. The normalized spacial score (nSPS) is 15.0. The van der Waals surface area contributed by atoms with Crippen LogP contribution in [0.5, 0.6) is 0 Å². The first-order valence-electron chi connectivity index (χ1n) is 5.09. The summed E-state index contributed by atoms with van der Waals surface area (Å²) in [5.41, 5.74) is 5.95. The van der Waals surface area contributed by atoms with Crippen LogP contribution in [0.3, 0.4) is 0 Å². The van der Waals surface area contributed by atoms with Crippen molar-refractivity contribution >= 4 is 0 Å². The largest absolute Gasteiger partial charge is 0.361 e. The molecule has 0 bridgehead atoms. The maximum absolute atomic E-state index is 6.01. The van der Waals surface area contributed by atoms with E-state index < -0.39 is 5.54 Å². The van der Waals surface area contributed by atoms with Crippen molar-refractivity contribution in [3.8, 4) is 11.6 Å². The van der Waals surface area contributed by atoms with Gasteiger partial charge in [-0.25, -0.2) is 0 Å². The van der Waals surface area contributed by atoms with Gasteiger partial charge in [0.1, 0.15) is 5.76 Å². The van der Waals surface area contributed by atoms with Crippen molar-refractivity contribution < 1.29 is 9.05 Å². The van der Waals surface area contributed by atoms with Gasteiger partial charge in [-0.05, 0) is 20.3 Å². The highest BCUT2D eigenvalue weighted by Gasteiger charge is 2.26. The average molecular weight is 222 g/mol. The summed E-state index contributed by atoms with van der Waals surface area (Å²) >= 11 is 0. The van der Waals surface area contributed by atoms with E-state index in [9.17, 15) is 0 Å². The fraction of sp³-hybridized carbons (Fsp3) is 0.500. The summed E-state index contributed by atoms with van der Waals surface area (Å²) in [6.07, 6.45) is 0.726. The van der Waals surface area contributed by atoms with E-state index in [1.165, 1.54) is 0 Å². The van der Waals surface area contributed by atoms with Gasteiger partial charge in [0.15, 0.2) is 11.5 Å². The first kappa shape index (κ1) is 10.8. The Hall–Kier alpha value is -1.69. The smallest absolute Gasteiger partial charge is 0.280 e. The highest BCUT2D eigenvalue weighted by Crippen LogP contribution is 2.22. The SMILES string of the molecule is CCC(C)(N)c1noc(-c2cc(C)on2)n1. The van der Waals surface area contributed by atoms with Gasteiger partial charge in [0.25, 0.3) is 5.89 Å². The summed E-state index contributed by atoms with van der Waals surface area (Å²) in [7, 11) is 0. The number of nitrogens with two attached hydrogens (primary N) is 1. The molecule has 86 valence electrons. The molecule has 0 saturated heterocycles. The molecule has 0 aliphatic carbocycles. The van der Waals surface area contributed by atoms with Gasteiger partial charge in [-0.3, -0.25) is 0 Å². The fourth-order valence-electron chi connectivity index (χ4n) is 1.18. The molecule has 6 heteroatoms. The summed E-state index contributed by atoms with van der Waals surface area (Å²) < 4.78 is 10.0. The molecule has 1 unspecified atom stereocenters. The minimum atomic E-state index is -0.583. The summed E-state index contributed by atoms with van der Waals surface area (Å²) in [6, 6.07) is 1.73. The quantitative estimate of drug-likeness (QED) is 0.848. The molecule has 0 amide bonds. The average Bonchev–Trinajstić information content (AvgIpc) is 2.85. The predicted molar refractivity (Wildman–Crippen MR) is 56.4 cm³/mol. The van der Waals surface area contributed by atoms with Crippen molar-refractivity contribution in [1.82, 2.24) is 15.3 Å². The van der Waals surface area contributed by atoms with Gasteiger partial charge in [0.2, 0.25) is 0 Å². The number of hydrogen-bond acceptors (Lipinski definition) is 6. The molecule has 0 aromatic carbocycles. The Bertz CT molecular complexity index is 486. The Morgan fingerprint density at radius 3 is 2.69 bits per heavy atom. The number of rotatable bonds is 3. The second kappa shape index (κ2) is 3.71. The third-order valence-electron chi connectivity index (χ3n) is 2.52. The molecule has 6 nitrogen and oxygen atoms in total. The second-order valence-corrected chi connectivity index (χ2v) is 4.02. The van der Waals surface area contributed by atoms with Gasteiger partial charge in [-0.2, -0.15) is 4.98 Å². The van der Waals surface area contributed by atoms with Crippen molar-refractivity contribution in [3.05, 3.63) is 17.7 Å². The lowest BCUT2D eigenvalue weighted by atomic mass is 10.0. The molecule has 0 saturated carbocycles. The zero-order valence-electron chi connectivity index (χ0n) is 9.52. The summed E-state index contributed by atoms with van der Waals surface area (Å²) in [5.74, 6) is 1.50. The van der Waals surface area contributed by atoms with Gasteiger partial charge in [-0.1, -0.05) is 17.2 Å². The number of aryl methyl sites for hydroxylation is 1. The minimum Gasteiger partial charge on any atom is -0.361 e. The highest BCUT2D eigenvalue weighted by molar-refractivity contribution is 5.45. The number of nitrogens with zero attached hydrogens (tertiary/aromatic N) is 3. The second-order valence-electron chi connectivity index (χ2n) is 4.02. The molecule has 2 aromatic rings. The van der Waals surface area contributed by atoms with Crippen LogP contribution < -0.4 is 5.73 Å². The van der Waals surface area contributed by atoms with E-state index in [1.54, 1.807) is 13.0 Å². The number of aromatic nitrogens is 3. The van der Waals surface area contributed by atoms with Crippen molar-refractivity contribution in [2.45, 2.75) is 32.7 Å². The Kier molecular flexibility index (Phi) is 2.51. The molecular weight excluding hydrogens is 208 g/mol. The van der Waals surface area contributed by atoms with Gasteiger partial charge < -0.3 is 14.8 Å². The van der Waals surface area contributed by atoms with Crippen LogP contribution in [-0.2, 0) is 5.54 Å². The van der Waals surface area contributed by atoms with Crippen LogP contribution in [0.1, 0.15) is 31.9 Å². The van der Waals surface area contributed by atoms with Crippen molar-refractivity contribution in [3.63, 3.8) is 0 Å². The molecule has 2 aromatic heterocycles. The van der Waals surface area contributed by atoms with E-state index in [0.29, 0.717) is 23.2 Å². The molecule has 0 spiro atoms. The Labute approximate surface area is 92.8 Å². The Morgan fingerprint density at radius 2 is 2.12 bits per heavy atom. The summed E-state index contributed by atoms with van der Waals surface area (Å²) in [4.78, 5) is 4.21. The lowest BCUT2D eigenvalue weighted by Gasteiger charge is -2.16. The van der Waals surface area contributed by atoms with Crippen LogP contribution in [0.25, 0.3) is 11.6 Å². The van der Waals surface area contributed by atoms with E-state index in [4.69, 9.17) is 14.8 Å². The van der Waals surface area contributed by atoms with E-state index in [1.807, 2.05) is 13.8 Å². The lowest BCUT2D eigenvalue weighted by Crippen LogP contribution is -2.33. The van der Waals surface area contributed by atoms with Crippen molar-refractivity contribution in [2.75, 3.05) is 0 Å². The van der Waals surface area contributed by atoms with Gasteiger partial charge in [0.05, 0.1) is 5.54 Å². The molecule has 0 radical (unpaired) electrons. The predicted octanol–water partition coefficient (Wildman–Crippen LogP) is 1.62. The van der Waals surface area contributed by atoms with Crippen LogP contribution in [-0.4, -0.2) is 15.3 Å². The zero-order valence-corrected chi connectivity index (χ0v) is 9.52. The van der Waals surface area contributed by atoms with Crippen LogP contribution >= 0.6 is 0 Å². The summed E-state index contributed by atoms with van der Waals surface area (Å²) in [5, 5.41) is 7.65. The van der Waals surface area contributed by atoms with Crippen LogP contribution in [0.4, 0.5) is 0 Å². The molecular formula is C10H14N4O2. The van der Waals surface area contributed by atoms with E-state index in [-0.39, 0.29) is 0 Å². The Balaban J connectivity index is 2.33. The summed E-state index contributed by atoms with van der Waals surface area (Å²) in [6.45, 7) is 5.62. The molecule has 0 aliphatic heterocycles. The van der Waals surface area contributed by atoms with E-state index in [0.717, 1.165) is 6.42 Å². The first-order chi connectivity index (χ1) is 7.53. The fourth-order valence-corrected chi connectivity index (χ4v) is 1.18. The van der Waals surface area contributed by atoms with Gasteiger partial charge in [-0.15, -0.1) is 0 Å². The Morgan fingerprint density at radius 1 is 1.38 bits per heavy atom. The molecule has 0 aliphatic rings. The highest BCUT2D eigenvalue weighted by atomic mass is 16.5. The maximum Gasteiger partial charge on any atom is 0.280 e. The van der Waals surface area contributed by atoms with E-state index >= 15 is 0 Å².